The molecule has 2 N–H and O–H groups in total. The third-order valence-corrected chi connectivity index (χ3v) is 12.9. The second kappa shape index (κ2) is 5.99. The summed E-state index contributed by atoms with van der Waals surface area (Å²) in [6.07, 6.45) is 7.51. The molecular weight excluding hydrogens is 460 g/mol. The van der Waals surface area contributed by atoms with Crippen LogP contribution in [0, 0.1) is 28.6 Å². The largest absolute Gasteiger partial charge is 0.494 e. The molecule has 5 heterocycles. The Morgan fingerprint density at radius 2 is 1.75 bits per heavy atom. The van der Waals surface area contributed by atoms with Gasteiger partial charge in [-0.25, -0.2) is 0 Å². The van der Waals surface area contributed by atoms with Crippen molar-refractivity contribution in [2.75, 3.05) is 0 Å². The number of ketones is 1. The summed E-state index contributed by atoms with van der Waals surface area (Å²) < 4.78 is 27.1. The van der Waals surface area contributed by atoms with E-state index >= 15 is 0 Å². The Kier molecular flexibility index (Phi) is 3.78. The van der Waals surface area contributed by atoms with Crippen molar-refractivity contribution in [3.05, 3.63) is 24.5 Å². The van der Waals surface area contributed by atoms with Crippen LogP contribution in [-0.2, 0) is 23.7 Å². The molecule has 7 nitrogen and oxygen atoms in total. The van der Waals surface area contributed by atoms with E-state index in [0.717, 1.165) is 12.8 Å². The van der Waals surface area contributed by atoms with Crippen molar-refractivity contribution in [2.24, 2.45) is 28.6 Å². The molecule has 4 aliphatic carbocycles. The Morgan fingerprint density at radius 3 is 2.50 bits per heavy atom. The van der Waals surface area contributed by atoms with Crippen molar-refractivity contribution in [1.29, 1.82) is 0 Å². The minimum absolute atomic E-state index is 0.0205. The summed E-state index contributed by atoms with van der Waals surface area (Å²) in [4.78, 5) is 13.5. The average Bonchev–Trinajstić information content (AvgIpc) is 3.45. The maximum atomic E-state index is 13.5. The minimum atomic E-state index is -1.04. The fraction of sp³-hybridized carbons (Fsp3) is 0.828. The van der Waals surface area contributed by atoms with E-state index in [1.54, 1.807) is 6.08 Å². The molecule has 5 aliphatic heterocycles. The van der Waals surface area contributed by atoms with Gasteiger partial charge in [-0.15, -0.1) is 0 Å². The molecule has 9 rings (SSSR count). The number of aliphatic hydroxyl groups is 2. The third-order valence-electron chi connectivity index (χ3n) is 12.9. The van der Waals surface area contributed by atoms with E-state index in [2.05, 4.69) is 13.5 Å². The van der Waals surface area contributed by atoms with Crippen LogP contribution >= 0.6 is 0 Å². The van der Waals surface area contributed by atoms with Gasteiger partial charge in [-0.1, -0.05) is 12.7 Å². The van der Waals surface area contributed by atoms with Crippen molar-refractivity contribution >= 4 is 5.78 Å². The van der Waals surface area contributed by atoms with Crippen LogP contribution in [0.2, 0.25) is 0 Å². The van der Waals surface area contributed by atoms with Crippen LogP contribution in [0.25, 0.3) is 0 Å². The summed E-state index contributed by atoms with van der Waals surface area (Å²) in [6.45, 7) is 12.1. The summed E-state index contributed by atoms with van der Waals surface area (Å²) in [5.41, 5.74) is -4.54. The highest BCUT2D eigenvalue weighted by atomic mass is 16.8. The van der Waals surface area contributed by atoms with E-state index in [1.807, 2.05) is 26.8 Å². The summed E-state index contributed by atoms with van der Waals surface area (Å²) in [5.74, 6) is -0.349. The fourth-order valence-corrected chi connectivity index (χ4v) is 10.4. The monoisotopic (exact) mass is 498 g/mol. The molecule has 0 aromatic rings. The lowest BCUT2D eigenvalue weighted by Gasteiger charge is -2.67. The van der Waals surface area contributed by atoms with Crippen molar-refractivity contribution in [3.63, 3.8) is 0 Å². The van der Waals surface area contributed by atoms with Gasteiger partial charge in [0.25, 0.3) is 0 Å². The van der Waals surface area contributed by atoms with Gasteiger partial charge in [0.15, 0.2) is 11.6 Å². The van der Waals surface area contributed by atoms with Crippen LogP contribution in [0.15, 0.2) is 24.5 Å². The van der Waals surface area contributed by atoms with Crippen molar-refractivity contribution in [3.8, 4) is 0 Å². The van der Waals surface area contributed by atoms with E-state index < -0.39 is 39.0 Å². The first kappa shape index (κ1) is 22.7. The highest BCUT2D eigenvalue weighted by molar-refractivity contribution is 5.98. The van der Waals surface area contributed by atoms with Crippen LogP contribution < -0.4 is 0 Å². The number of epoxide rings is 1. The van der Waals surface area contributed by atoms with Crippen molar-refractivity contribution in [1.82, 2.24) is 0 Å². The molecule has 5 saturated heterocycles. The predicted octanol–water partition coefficient (Wildman–Crippen LogP) is 3.17. The van der Waals surface area contributed by atoms with Gasteiger partial charge in [-0.3, -0.25) is 4.79 Å². The molecule has 0 amide bonds. The Morgan fingerprint density at radius 1 is 0.972 bits per heavy atom. The first-order valence-corrected chi connectivity index (χ1v) is 13.8. The highest BCUT2D eigenvalue weighted by Gasteiger charge is 2.86. The smallest absolute Gasteiger partial charge is 0.176 e. The van der Waals surface area contributed by atoms with Gasteiger partial charge in [0, 0.05) is 18.8 Å². The predicted molar refractivity (Wildman–Crippen MR) is 127 cm³/mol. The molecule has 196 valence electrons. The number of rotatable bonds is 1. The van der Waals surface area contributed by atoms with Gasteiger partial charge in [0.1, 0.15) is 23.4 Å². The zero-order valence-corrected chi connectivity index (χ0v) is 21.7. The molecule has 9 aliphatic rings. The van der Waals surface area contributed by atoms with Crippen LogP contribution in [0.3, 0.4) is 0 Å². The maximum absolute atomic E-state index is 13.5. The molecule has 8 fully saturated rings. The lowest BCUT2D eigenvalue weighted by Crippen LogP contribution is -2.77. The molecule has 0 radical (unpaired) electrons. The zero-order valence-electron chi connectivity index (χ0n) is 21.7. The number of hydrogen-bond donors (Lipinski definition) is 2. The molecule has 7 heteroatoms. The maximum Gasteiger partial charge on any atom is 0.176 e. The molecule has 2 spiro atoms. The fourth-order valence-electron chi connectivity index (χ4n) is 10.4. The SMILES string of the molecule is C=C1OC2C[C@@](C)(O)C1(C)C[C@H]2[C@@]12CC[C@@]3(O1)C1C(O2)[C@H]2O[C@]24CC=CC(=O)[C@]4(C)C1CC[C@@]3(C)O. The van der Waals surface area contributed by atoms with Gasteiger partial charge in [0.05, 0.1) is 39.8 Å². The number of ether oxygens (including phenoxy) is 4. The van der Waals surface area contributed by atoms with Crippen LogP contribution in [0.4, 0.5) is 0 Å². The number of allylic oxidation sites excluding steroid dienone is 1. The Labute approximate surface area is 212 Å². The Balaban J connectivity index is 1.26. The topological polar surface area (TPSA) is 97.8 Å². The van der Waals surface area contributed by atoms with Crippen LogP contribution in [0.5, 0.6) is 0 Å². The van der Waals surface area contributed by atoms with Gasteiger partial charge in [-0.2, -0.15) is 0 Å². The van der Waals surface area contributed by atoms with Gasteiger partial charge in [-0.05, 0) is 71.8 Å². The highest BCUT2D eigenvalue weighted by Crippen LogP contribution is 2.76. The van der Waals surface area contributed by atoms with Crippen molar-refractivity contribution in [2.45, 2.75) is 119 Å². The number of carbonyl (C=O) groups excluding carboxylic acids is 1. The molecule has 4 bridgehead atoms. The third kappa shape index (κ3) is 2.09. The lowest BCUT2D eigenvalue weighted by atomic mass is 9.44. The Bertz CT molecular complexity index is 1140. The van der Waals surface area contributed by atoms with Gasteiger partial charge in [0.2, 0.25) is 0 Å². The van der Waals surface area contributed by atoms with E-state index in [1.165, 1.54) is 0 Å². The summed E-state index contributed by atoms with van der Waals surface area (Å²) in [7, 11) is 0. The molecule has 5 unspecified atom stereocenters. The number of fused-ring (bicyclic) bond motifs is 7. The van der Waals surface area contributed by atoms with E-state index in [4.69, 9.17) is 18.9 Å². The summed E-state index contributed by atoms with van der Waals surface area (Å²) >= 11 is 0. The summed E-state index contributed by atoms with van der Waals surface area (Å²) in [6, 6.07) is 0. The minimum Gasteiger partial charge on any atom is -0.494 e. The number of carbonyl (C=O) groups is 1. The van der Waals surface area contributed by atoms with E-state index in [0.29, 0.717) is 37.9 Å². The summed E-state index contributed by atoms with van der Waals surface area (Å²) in [5, 5.41) is 23.3. The normalized spacial score (nSPS) is 65.9. The first-order valence-electron chi connectivity index (χ1n) is 13.8. The molecule has 0 aromatic heterocycles. The second-order valence-corrected chi connectivity index (χ2v) is 14.1. The van der Waals surface area contributed by atoms with Crippen molar-refractivity contribution < 1.29 is 34.0 Å². The molecule has 0 aromatic carbocycles. The standard InChI is InChI=1S/C29H38O7/c1-15-23(2)13-17(18(33-15)14-25(23,4)32)29-12-11-27(36-29)20-16(8-10-24(27,3)31)26(5)19(30)7-6-9-28(26)22(35-28)21(20)34-29/h6-7,16-18,20-22,31-32H,1,8-14H2,2-5H3/t16?,17-,18?,20?,21?,22-,23?,24-,25-,26+,27-,28-,29-/m1/s1. The number of hydrogen-bond acceptors (Lipinski definition) is 7. The van der Waals surface area contributed by atoms with E-state index in [9.17, 15) is 15.0 Å². The van der Waals surface area contributed by atoms with Gasteiger partial charge >= 0.3 is 0 Å². The first-order chi connectivity index (χ1) is 16.8. The Hall–Kier alpha value is -1.25. The average molecular weight is 499 g/mol. The molecule has 3 saturated carbocycles. The van der Waals surface area contributed by atoms with Crippen LogP contribution in [-0.4, -0.2) is 62.5 Å². The second-order valence-electron chi connectivity index (χ2n) is 14.1. The lowest BCUT2D eigenvalue weighted by molar-refractivity contribution is -0.419. The molecular formula is C29H38O7. The zero-order chi connectivity index (χ0) is 25.3. The quantitative estimate of drug-likeness (QED) is 0.536. The molecule has 36 heavy (non-hydrogen) atoms. The molecule has 13 atom stereocenters. The van der Waals surface area contributed by atoms with E-state index in [-0.39, 0.29) is 41.8 Å². The van der Waals surface area contributed by atoms with Crippen LogP contribution in [0.1, 0.15) is 72.6 Å². The van der Waals surface area contributed by atoms with Gasteiger partial charge < -0.3 is 29.2 Å².